The van der Waals surface area contributed by atoms with E-state index >= 15 is 0 Å². The molecule has 0 saturated heterocycles. The maximum atomic E-state index is 13.1. The molecule has 0 aliphatic heterocycles. The van der Waals surface area contributed by atoms with Crippen molar-refractivity contribution in [3.8, 4) is 0 Å². The molecule has 0 aromatic heterocycles. The molecule has 0 aliphatic rings. The first-order valence-electron chi connectivity index (χ1n) is 4.71. The molecule has 1 aromatic carbocycles. The molecule has 1 aromatic rings. The van der Waals surface area contributed by atoms with E-state index in [-0.39, 0.29) is 16.9 Å². The lowest BCUT2D eigenvalue weighted by Gasteiger charge is -2.17. The highest BCUT2D eigenvalue weighted by Crippen LogP contribution is 2.20. The lowest BCUT2D eigenvalue weighted by atomic mass is 10.1. The van der Waals surface area contributed by atoms with Crippen LogP contribution >= 0.6 is 11.6 Å². The van der Waals surface area contributed by atoms with Crippen molar-refractivity contribution in [2.75, 3.05) is 0 Å². The van der Waals surface area contributed by atoms with Gasteiger partial charge in [0, 0.05) is 12.1 Å². The van der Waals surface area contributed by atoms with Gasteiger partial charge in [0.2, 0.25) is 0 Å². The van der Waals surface area contributed by atoms with E-state index < -0.39 is 0 Å². The zero-order valence-electron chi connectivity index (χ0n) is 8.64. The third-order valence-electron chi connectivity index (χ3n) is 2.03. The fourth-order valence-electron chi connectivity index (χ4n) is 1.38. The van der Waals surface area contributed by atoms with Gasteiger partial charge in [-0.25, -0.2) is 4.39 Å². The fraction of sp³-hybridized carbons (Fsp3) is 0.455. The number of halogens is 2. The minimum Gasteiger partial charge on any atom is -0.308 e. The van der Waals surface area contributed by atoms with E-state index in [1.165, 1.54) is 6.07 Å². The molecule has 0 aliphatic carbocycles. The van der Waals surface area contributed by atoms with Gasteiger partial charge in [-0.3, -0.25) is 0 Å². The van der Waals surface area contributed by atoms with Crippen LogP contribution in [0.15, 0.2) is 18.2 Å². The summed E-state index contributed by atoms with van der Waals surface area (Å²) in [6, 6.07) is 5.42. The number of hydrogen-bond donors (Lipinski definition) is 1. The fourth-order valence-corrected chi connectivity index (χ4v) is 1.50. The van der Waals surface area contributed by atoms with E-state index in [0.717, 1.165) is 5.56 Å². The van der Waals surface area contributed by atoms with Crippen molar-refractivity contribution >= 4 is 11.6 Å². The standard InChI is InChI=1S/C11H15ClFN/c1-7(2)14-8(3)9-4-5-10(12)11(13)6-9/h4-8,14H,1-3H3. The molecule has 0 radical (unpaired) electrons. The highest BCUT2D eigenvalue weighted by atomic mass is 35.5. The Labute approximate surface area is 89.3 Å². The molecule has 0 fully saturated rings. The zero-order valence-corrected chi connectivity index (χ0v) is 9.40. The molecule has 0 spiro atoms. The van der Waals surface area contributed by atoms with Crippen LogP contribution in [0, 0.1) is 5.82 Å². The second-order valence-corrected chi connectivity index (χ2v) is 4.12. The van der Waals surface area contributed by atoms with Gasteiger partial charge >= 0.3 is 0 Å². The monoisotopic (exact) mass is 215 g/mol. The van der Waals surface area contributed by atoms with Crippen LogP contribution < -0.4 is 5.32 Å². The van der Waals surface area contributed by atoms with Crippen LogP contribution in [0.2, 0.25) is 5.02 Å². The normalized spacial score (nSPS) is 13.3. The van der Waals surface area contributed by atoms with Gasteiger partial charge in [-0.1, -0.05) is 31.5 Å². The average Bonchev–Trinajstić information content (AvgIpc) is 2.08. The molecule has 14 heavy (non-hydrogen) atoms. The topological polar surface area (TPSA) is 12.0 Å². The van der Waals surface area contributed by atoms with Gasteiger partial charge in [0.15, 0.2) is 0 Å². The Kier molecular flexibility index (Phi) is 3.90. The minimum absolute atomic E-state index is 0.141. The van der Waals surface area contributed by atoms with Gasteiger partial charge in [-0.2, -0.15) is 0 Å². The number of benzene rings is 1. The Balaban J connectivity index is 2.80. The van der Waals surface area contributed by atoms with Crippen molar-refractivity contribution in [1.29, 1.82) is 0 Å². The van der Waals surface area contributed by atoms with Gasteiger partial charge in [-0.15, -0.1) is 0 Å². The molecular weight excluding hydrogens is 201 g/mol. The first-order chi connectivity index (χ1) is 6.50. The van der Waals surface area contributed by atoms with Gasteiger partial charge in [-0.05, 0) is 24.6 Å². The molecule has 1 N–H and O–H groups in total. The molecule has 1 atom stereocenters. The van der Waals surface area contributed by atoms with E-state index in [2.05, 4.69) is 19.2 Å². The molecule has 1 unspecified atom stereocenters. The number of rotatable bonds is 3. The highest BCUT2D eigenvalue weighted by Gasteiger charge is 2.08. The highest BCUT2D eigenvalue weighted by molar-refractivity contribution is 6.30. The molecule has 0 amide bonds. The second-order valence-electron chi connectivity index (χ2n) is 3.72. The largest absolute Gasteiger partial charge is 0.308 e. The predicted octanol–water partition coefficient (Wildman–Crippen LogP) is 3.54. The Bertz CT molecular complexity index is 312. The van der Waals surface area contributed by atoms with Gasteiger partial charge in [0.1, 0.15) is 5.82 Å². The van der Waals surface area contributed by atoms with Crippen molar-refractivity contribution in [2.24, 2.45) is 0 Å². The lowest BCUT2D eigenvalue weighted by molar-refractivity contribution is 0.503. The SMILES string of the molecule is CC(C)NC(C)c1ccc(Cl)c(F)c1. The summed E-state index contributed by atoms with van der Waals surface area (Å²) in [6.45, 7) is 6.12. The first kappa shape index (κ1) is 11.5. The summed E-state index contributed by atoms with van der Waals surface area (Å²) in [5.41, 5.74) is 0.917. The molecule has 0 bridgehead atoms. The molecule has 1 rings (SSSR count). The molecule has 0 saturated carbocycles. The maximum Gasteiger partial charge on any atom is 0.142 e. The summed E-state index contributed by atoms with van der Waals surface area (Å²) in [7, 11) is 0. The summed E-state index contributed by atoms with van der Waals surface area (Å²) in [5.74, 6) is -0.360. The van der Waals surface area contributed by atoms with Crippen LogP contribution in [0.5, 0.6) is 0 Å². The van der Waals surface area contributed by atoms with E-state index in [9.17, 15) is 4.39 Å². The van der Waals surface area contributed by atoms with Crippen LogP contribution in [-0.4, -0.2) is 6.04 Å². The molecule has 3 heteroatoms. The van der Waals surface area contributed by atoms with Gasteiger partial charge in [0.25, 0.3) is 0 Å². The quantitative estimate of drug-likeness (QED) is 0.814. The predicted molar refractivity (Wildman–Crippen MR) is 58.1 cm³/mol. The van der Waals surface area contributed by atoms with E-state index in [4.69, 9.17) is 11.6 Å². The average molecular weight is 216 g/mol. The summed E-state index contributed by atoms with van der Waals surface area (Å²) in [4.78, 5) is 0. The van der Waals surface area contributed by atoms with E-state index in [0.29, 0.717) is 6.04 Å². The van der Waals surface area contributed by atoms with E-state index in [1.807, 2.05) is 13.0 Å². The van der Waals surface area contributed by atoms with Crippen LogP contribution in [0.3, 0.4) is 0 Å². The summed E-state index contributed by atoms with van der Waals surface area (Å²) < 4.78 is 13.1. The molecule has 78 valence electrons. The third kappa shape index (κ3) is 2.96. The molecule has 0 heterocycles. The van der Waals surface area contributed by atoms with Crippen molar-refractivity contribution < 1.29 is 4.39 Å². The van der Waals surface area contributed by atoms with Crippen molar-refractivity contribution in [3.05, 3.63) is 34.6 Å². The second kappa shape index (κ2) is 4.76. The summed E-state index contributed by atoms with van der Waals surface area (Å²) >= 11 is 5.60. The van der Waals surface area contributed by atoms with Crippen molar-refractivity contribution in [1.82, 2.24) is 5.32 Å². The Hall–Kier alpha value is -0.600. The van der Waals surface area contributed by atoms with Crippen LogP contribution in [0.1, 0.15) is 32.4 Å². The Morgan fingerprint density at radius 3 is 2.43 bits per heavy atom. The van der Waals surface area contributed by atoms with Crippen molar-refractivity contribution in [3.63, 3.8) is 0 Å². The minimum atomic E-state index is -0.360. The molecular formula is C11H15ClFN. The zero-order chi connectivity index (χ0) is 10.7. The maximum absolute atomic E-state index is 13.1. The smallest absolute Gasteiger partial charge is 0.142 e. The summed E-state index contributed by atoms with van der Waals surface area (Å²) in [5, 5.41) is 3.47. The van der Waals surface area contributed by atoms with Crippen LogP contribution in [0.4, 0.5) is 4.39 Å². The number of nitrogens with one attached hydrogen (secondary N) is 1. The van der Waals surface area contributed by atoms with Gasteiger partial charge < -0.3 is 5.32 Å². The summed E-state index contributed by atoms with van der Waals surface area (Å²) in [6.07, 6.45) is 0. The van der Waals surface area contributed by atoms with Gasteiger partial charge in [0.05, 0.1) is 5.02 Å². The van der Waals surface area contributed by atoms with E-state index in [1.54, 1.807) is 6.07 Å². The van der Waals surface area contributed by atoms with Crippen LogP contribution in [-0.2, 0) is 0 Å². The van der Waals surface area contributed by atoms with Crippen LogP contribution in [0.25, 0.3) is 0 Å². The lowest BCUT2D eigenvalue weighted by Crippen LogP contribution is -2.26. The molecule has 1 nitrogen and oxygen atoms in total. The Morgan fingerprint density at radius 2 is 1.93 bits per heavy atom. The first-order valence-corrected chi connectivity index (χ1v) is 5.09. The number of hydrogen-bond acceptors (Lipinski definition) is 1. The third-order valence-corrected chi connectivity index (χ3v) is 2.33. The Morgan fingerprint density at radius 1 is 1.29 bits per heavy atom. The van der Waals surface area contributed by atoms with Crippen molar-refractivity contribution in [2.45, 2.75) is 32.9 Å².